The number of quaternary nitrogens is 1. The van der Waals surface area contributed by atoms with Crippen molar-refractivity contribution in [1.29, 1.82) is 0 Å². The highest BCUT2D eigenvalue weighted by Crippen LogP contribution is 2.24. The quantitative estimate of drug-likeness (QED) is 0.174. The molecule has 0 saturated carbocycles. The van der Waals surface area contributed by atoms with Gasteiger partial charge in [-0.05, 0) is 18.9 Å². The molecule has 0 saturated heterocycles. The van der Waals surface area contributed by atoms with Crippen LogP contribution in [0.15, 0.2) is 24.3 Å². The second-order valence-electron chi connectivity index (χ2n) is 9.69. The lowest BCUT2D eigenvalue weighted by atomic mass is 10.0. The molecule has 1 aromatic carbocycles. The summed E-state index contributed by atoms with van der Waals surface area (Å²) in [6.45, 7) is 2.30. The number of para-hydroxylation sites is 1. The molecule has 162 valence electrons. The van der Waals surface area contributed by atoms with Crippen LogP contribution in [0.4, 0.5) is 5.69 Å². The maximum atomic E-state index is 2.32. The molecule has 0 heterocycles. The summed E-state index contributed by atoms with van der Waals surface area (Å²) in [4.78, 5) is 0. The molecule has 0 aliphatic heterocycles. The van der Waals surface area contributed by atoms with Gasteiger partial charge in [0, 0.05) is 5.56 Å². The van der Waals surface area contributed by atoms with Crippen LogP contribution in [0.25, 0.3) is 0 Å². The number of nitrogens with zero attached hydrogens (tertiary/aromatic N) is 1. The van der Waals surface area contributed by atoms with E-state index in [0.29, 0.717) is 0 Å². The summed E-state index contributed by atoms with van der Waals surface area (Å²) in [5.74, 6) is 0. The largest absolute Gasteiger partial charge is 0.298 e. The third kappa shape index (κ3) is 12.6. The molecule has 1 heteroatoms. The van der Waals surface area contributed by atoms with Gasteiger partial charge in [-0.1, -0.05) is 121 Å². The lowest BCUT2D eigenvalue weighted by molar-refractivity contribution is 0.480. The normalized spacial score (nSPS) is 11.9. The van der Waals surface area contributed by atoms with E-state index >= 15 is 0 Å². The van der Waals surface area contributed by atoms with Gasteiger partial charge in [-0.2, -0.15) is 0 Å². The fourth-order valence-electron chi connectivity index (χ4n) is 4.24. The Morgan fingerprint density at radius 1 is 0.536 bits per heavy atom. The summed E-state index contributed by atoms with van der Waals surface area (Å²) in [6.07, 6.45) is 24.3. The van der Waals surface area contributed by atoms with Gasteiger partial charge in [0.05, 0.1) is 21.1 Å². The van der Waals surface area contributed by atoms with Gasteiger partial charge in [-0.25, -0.2) is 0 Å². The average molecular weight is 389 g/mol. The third-order valence-corrected chi connectivity index (χ3v) is 6.01. The molecule has 0 N–H and O–H groups in total. The summed E-state index contributed by atoms with van der Waals surface area (Å²) >= 11 is 0. The maximum Gasteiger partial charge on any atom is 0.135 e. The number of rotatable bonds is 18. The number of hydrogen-bond acceptors (Lipinski definition) is 0. The maximum absolute atomic E-state index is 2.32. The Hall–Kier alpha value is -0.820. The SMILES string of the molecule is CCCCCCCCCCCCCCCCCCc1ccccc1[N+](C)(C)C. The Balaban J connectivity index is 1.90. The predicted molar refractivity (Wildman–Crippen MR) is 129 cm³/mol. The number of unbranched alkanes of at least 4 members (excludes halogenated alkanes) is 15. The standard InChI is InChI=1S/C27H50N/c1-5-6-7-8-9-10-11-12-13-14-15-16-17-18-19-20-23-26-24-21-22-25-27(26)28(2,3)4/h21-22,24-25H,5-20,23H2,1-4H3/q+1. The second-order valence-corrected chi connectivity index (χ2v) is 9.69. The summed E-state index contributed by atoms with van der Waals surface area (Å²) in [5.41, 5.74) is 3.02. The Bertz CT molecular complexity index is 471. The van der Waals surface area contributed by atoms with E-state index in [4.69, 9.17) is 0 Å². The Morgan fingerprint density at radius 2 is 0.929 bits per heavy atom. The van der Waals surface area contributed by atoms with Crippen molar-refractivity contribution in [2.45, 2.75) is 116 Å². The zero-order chi connectivity index (χ0) is 20.5. The Kier molecular flexibility index (Phi) is 14.4. The van der Waals surface area contributed by atoms with E-state index in [1.165, 1.54) is 115 Å². The van der Waals surface area contributed by atoms with Crippen molar-refractivity contribution in [3.63, 3.8) is 0 Å². The first-order chi connectivity index (χ1) is 13.6. The van der Waals surface area contributed by atoms with Crippen molar-refractivity contribution >= 4 is 5.69 Å². The molecule has 28 heavy (non-hydrogen) atoms. The van der Waals surface area contributed by atoms with E-state index in [2.05, 4.69) is 52.3 Å². The first-order valence-corrected chi connectivity index (χ1v) is 12.5. The van der Waals surface area contributed by atoms with Crippen LogP contribution in [0, 0.1) is 0 Å². The first-order valence-electron chi connectivity index (χ1n) is 12.5. The smallest absolute Gasteiger partial charge is 0.135 e. The van der Waals surface area contributed by atoms with Crippen molar-refractivity contribution in [3.05, 3.63) is 29.8 Å². The van der Waals surface area contributed by atoms with Crippen LogP contribution in [0.1, 0.15) is 115 Å². The van der Waals surface area contributed by atoms with E-state index < -0.39 is 0 Å². The van der Waals surface area contributed by atoms with E-state index in [1.807, 2.05) is 0 Å². The van der Waals surface area contributed by atoms with Crippen molar-refractivity contribution in [1.82, 2.24) is 4.48 Å². The number of aryl methyl sites for hydroxylation is 1. The van der Waals surface area contributed by atoms with E-state index in [0.717, 1.165) is 4.48 Å². The minimum absolute atomic E-state index is 0.926. The Labute approximate surface area is 177 Å². The van der Waals surface area contributed by atoms with E-state index in [9.17, 15) is 0 Å². The minimum Gasteiger partial charge on any atom is -0.298 e. The highest BCUT2D eigenvalue weighted by molar-refractivity contribution is 5.49. The molecule has 0 bridgehead atoms. The van der Waals surface area contributed by atoms with Gasteiger partial charge in [0.15, 0.2) is 0 Å². The second kappa shape index (κ2) is 16.0. The van der Waals surface area contributed by atoms with Gasteiger partial charge in [-0.3, -0.25) is 4.48 Å². The van der Waals surface area contributed by atoms with Crippen molar-refractivity contribution in [3.8, 4) is 0 Å². The molecule has 0 aromatic heterocycles. The van der Waals surface area contributed by atoms with Crippen LogP contribution in [-0.2, 0) is 6.42 Å². The third-order valence-electron chi connectivity index (χ3n) is 6.01. The molecular formula is C27H50N+. The zero-order valence-electron chi connectivity index (χ0n) is 19.8. The first kappa shape index (κ1) is 25.2. The van der Waals surface area contributed by atoms with Crippen molar-refractivity contribution in [2.24, 2.45) is 0 Å². The molecule has 0 fully saturated rings. The summed E-state index contributed by atoms with van der Waals surface area (Å²) in [5, 5.41) is 0. The fourth-order valence-corrected chi connectivity index (χ4v) is 4.24. The molecule has 0 amide bonds. The predicted octanol–water partition coefficient (Wildman–Crippen LogP) is 8.69. The van der Waals surface area contributed by atoms with Crippen LogP contribution in [0.5, 0.6) is 0 Å². The molecule has 0 unspecified atom stereocenters. The molecule has 0 radical (unpaired) electrons. The number of hydrogen-bond donors (Lipinski definition) is 0. The van der Waals surface area contributed by atoms with Crippen LogP contribution < -0.4 is 4.48 Å². The summed E-state index contributed by atoms with van der Waals surface area (Å²) in [7, 11) is 6.81. The van der Waals surface area contributed by atoms with Crippen LogP contribution in [-0.4, -0.2) is 21.1 Å². The van der Waals surface area contributed by atoms with Gasteiger partial charge < -0.3 is 0 Å². The van der Waals surface area contributed by atoms with Crippen molar-refractivity contribution in [2.75, 3.05) is 21.1 Å². The van der Waals surface area contributed by atoms with Crippen molar-refractivity contribution < 1.29 is 0 Å². The van der Waals surface area contributed by atoms with Crippen LogP contribution in [0.2, 0.25) is 0 Å². The summed E-state index contributed by atoms with van der Waals surface area (Å²) in [6, 6.07) is 8.99. The molecule has 0 atom stereocenters. The zero-order valence-corrected chi connectivity index (χ0v) is 19.8. The topological polar surface area (TPSA) is 0 Å². The van der Waals surface area contributed by atoms with Gasteiger partial charge in [0.2, 0.25) is 0 Å². The Morgan fingerprint density at radius 3 is 1.36 bits per heavy atom. The summed E-state index contributed by atoms with van der Waals surface area (Å²) < 4.78 is 0.926. The van der Waals surface area contributed by atoms with Gasteiger partial charge in [0.25, 0.3) is 0 Å². The molecule has 0 spiro atoms. The highest BCUT2D eigenvalue weighted by Gasteiger charge is 2.16. The average Bonchev–Trinajstić information content (AvgIpc) is 2.67. The fraction of sp³-hybridized carbons (Fsp3) is 0.778. The van der Waals surface area contributed by atoms with Crippen LogP contribution in [0.3, 0.4) is 0 Å². The van der Waals surface area contributed by atoms with E-state index in [1.54, 1.807) is 5.56 Å². The lowest BCUT2D eigenvalue weighted by Gasteiger charge is -2.26. The highest BCUT2D eigenvalue weighted by atomic mass is 15.3. The molecule has 1 rings (SSSR count). The molecule has 0 aliphatic carbocycles. The molecular weight excluding hydrogens is 338 g/mol. The minimum atomic E-state index is 0.926. The molecule has 1 nitrogen and oxygen atoms in total. The molecule has 0 aliphatic rings. The molecule has 1 aromatic rings. The van der Waals surface area contributed by atoms with Gasteiger partial charge in [-0.15, -0.1) is 0 Å². The van der Waals surface area contributed by atoms with E-state index in [-0.39, 0.29) is 0 Å². The van der Waals surface area contributed by atoms with Gasteiger partial charge >= 0.3 is 0 Å². The number of benzene rings is 1. The van der Waals surface area contributed by atoms with Crippen LogP contribution >= 0.6 is 0 Å². The van der Waals surface area contributed by atoms with Gasteiger partial charge in [0.1, 0.15) is 5.69 Å². The lowest BCUT2D eigenvalue weighted by Crippen LogP contribution is -2.35. The monoisotopic (exact) mass is 388 g/mol.